The molecular formula is C14H26N2O. The molecule has 3 aliphatic rings. The highest BCUT2D eigenvalue weighted by Crippen LogP contribution is 2.38. The smallest absolute Gasteiger partial charge is 0.0756 e. The molecule has 3 fully saturated rings. The van der Waals surface area contributed by atoms with Crippen molar-refractivity contribution in [3.8, 4) is 0 Å². The van der Waals surface area contributed by atoms with Crippen LogP contribution < -0.4 is 5.32 Å². The predicted molar refractivity (Wildman–Crippen MR) is 69.1 cm³/mol. The summed E-state index contributed by atoms with van der Waals surface area (Å²) >= 11 is 0. The molecule has 0 aromatic rings. The van der Waals surface area contributed by atoms with E-state index in [2.05, 4.69) is 17.3 Å². The molecule has 2 aliphatic heterocycles. The Balaban J connectivity index is 1.43. The van der Waals surface area contributed by atoms with Crippen LogP contribution in [-0.2, 0) is 4.74 Å². The van der Waals surface area contributed by atoms with Crippen molar-refractivity contribution in [2.75, 3.05) is 33.3 Å². The summed E-state index contributed by atoms with van der Waals surface area (Å²) in [6.07, 6.45) is 7.33. The van der Waals surface area contributed by atoms with Crippen molar-refractivity contribution in [2.45, 2.75) is 44.2 Å². The van der Waals surface area contributed by atoms with E-state index < -0.39 is 0 Å². The Bertz CT molecular complexity index is 255. The van der Waals surface area contributed by atoms with Crippen LogP contribution in [0.5, 0.6) is 0 Å². The van der Waals surface area contributed by atoms with Gasteiger partial charge in [-0.15, -0.1) is 0 Å². The van der Waals surface area contributed by atoms with Crippen molar-refractivity contribution in [2.24, 2.45) is 11.8 Å². The molecule has 17 heavy (non-hydrogen) atoms. The van der Waals surface area contributed by atoms with E-state index in [1.165, 1.54) is 51.7 Å². The van der Waals surface area contributed by atoms with Gasteiger partial charge in [0.1, 0.15) is 0 Å². The zero-order valence-corrected chi connectivity index (χ0v) is 11.0. The maximum Gasteiger partial charge on any atom is 0.0756 e. The zero-order chi connectivity index (χ0) is 11.7. The maximum absolute atomic E-state index is 5.88. The molecule has 3 heteroatoms. The first kappa shape index (κ1) is 11.9. The lowest BCUT2D eigenvalue weighted by Crippen LogP contribution is -2.43. The molecule has 0 bridgehead atoms. The first-order valence-electron chi connectivity index (χ1n) is 7.36. The lowest BCUT2D eigenvalue weighted by molar-refractivity contribution is 0.0792. The van der Waals surface area contributed by atoms with Crippen molar-refractivity contribution in [3.05, 3.63) is 0 Å². The quantitative estimate of drug-likeness (QED) is 0.803. The molecule has 1 N–H and O–H groups in total. The van der Waals surface area contributed by atoms with E-state index in [0.29, 0.717) is 12.1 Å². The number of ether oxygens (including phenoxy) is 1. The van der Waals surface area contributed by atoms with E-state index in [9.17, 15) is 0 Å². The summed E-state index contributed by atoms with van der Waals surface area (Å²) < 4.78 is 5.88. The number of likely N-dealkylation sites (tertiary alicyclic amines) is 1. The van der Waals surface area contributed by atoms with Crippen LogP contribution in [0.1, 0.15) is 32.1 Å². The predicted octanol–water partition coefficient (Wildman–Crippen LogP) is 1.49. The van der Waals surface area contributed by atoms with Crippen molar-refractivity contribution >= 4 is 0 Å². The monoisotopic (exact) mass is 238 g/mol. The Kier molecular flexibility index (Phi) is 3.69. The summed E-state index contributed by atoms with van der Waals surface area (Å²) in [4.78, 5) is 2.47. The second kappa shape index (κ2) is 5.25. The third-order valence-electron chi connectivity index (χ3n) is 4.61. The summed E-state index contributed by atoms with van der Waals surface area (Å²) in [6.45, 7) is 4.73. The maximum atomic E-state index is 5.88. The zero-order valence-electron chi connectivity index (χ0n) is 11.0. The Morgan fingerprint density at radius 3 is 2.88 bits per heavy atom. The molecule has 3 rings (SSSR count). The molecule has 0 spiro atoms. The van der Waals surface area contributed by atoms with Crippen LogP contribution in [0.15, 0.2) is 0 Å². The third kappa shape index (κ3) is 3.01. The molecule has 2 heterocycles. The van der Waals surface area contributed by atoms with Crippen LogP contribution in [-0.4, -0.2) is 50.3 Å². The summed E-state index contributed by atoms with van der Waals surface area (Å²) in [5.41, 5.74) is 0. The number of rotatable bonds is 4. The molecule has 1 saturated carbocycles. The summed E-state index contributed by atoms with van der Waals surface area (Å²) in [6, 6.07) is 0.648. The highest BCUT2D eigenvalue weighted by molar-refractivity contribution is 4.93. The molecule has 0 aromatic carbocycles. The van der Waals surface area contributed by atoms with Gasteiger partial charge in [-0.25, -0.2) is 0 Å². The van der Waals surface area contributed by atoms with Gasteiger partial charge in [0.2, 0.25) is 0 Å². The molecule has 2 saturated heterocycles. The SMILES string of the molecule is CN1CCCC(CNC2CCOC2C2CC2)C1. The highest BCUT2D eigenvalue weighted by atomic mass is 16.5. The van der Waals surface area contributed by atoms with Crippen molar-refractivity contribution in [1.29, 1.82) is 0 Å². The molecule has 0 radical (unpaired) electrons. The minimum Gasteiger partial charge on any atom is -0.376 e. The van der Waals surface area contributed by atoms with Gasteiger partial charge < -0.3 is 15.0 Å². The molecule has 1 aliphatic carbocycles. The second-order valence-corrected chi connectivity index (χ2v) is 6.25. The lowest BCUT2D eigenvalue weighted by atomic mass is 9.97. The first-order valence-corrected chi connectivity index (χ1v) is 7.36. The van der Waals surface area contributed by atoms with E-state index in [1.807, 2.05) is 0 Å². The van der Waals surface area contributed by atoms with E-state index in [1.54, 1.807) is 0 Å². The average Bonchev–Trinajstić information content (AvgIpc) is 3.06. The van der Waals surface area contributed by atoms with Crippen LogP contribution in [0.2, 0.25) is 0 Å². The Hall–Kier alpha value is -0.120. The fourth-order valence-electron chi connectivity index (χ4n) is 3.48. The van der Waals surface area contributed by atoms with Gasteiger partial charge in [0.05, 0.1) is 6.10 Å². The fourth-order valence-corrected chi connectivity index (χ4v) is 3.48. The van der Waals surface area contributed by atoms with Crippen LogP contribution in [0.4, 0.5) is 0 Å². The molecular weight excluding hydrogens is 212 g/mol. The molecule has 98 valence electrons. The van der Waals surface area contributed by atoms with E-state index >= 15 is 0 Å². The first-order chi connectivity index (χ1) is 8.33. The Morgan fingerprint density at radius 2 is 2.12 bits per heavy atom. The molecule has 3 nitrogen and oxygen atoms in total. The van der Waals surface area contributed by atoms with E-state index in [0.717, 1.165) is 18.4 Å². The van der Waals surface area contributed by atoms with Gasteiger partial charge in [0.25, 0.3) is 0 Å². The van der Waals surface area contributed by atoms with Crippen molar-refractivity contribution < 1.29 is 4.74 Å². The number of hydrogen-bond acceptors (Lipinski definition) is 3. The van der Waals surface area contributed by atoms with E-state index in [-0.39, 0.29) is 0 Å². The molecule has 0 amide bonds. The van der Waals surface area contributed by atoms with Crippen LogP contribution in [0.25, 0.3) is 0 Å². The fraction of sp³-hybridized carbons (Fsp3) is 1.00. The normalized spacial score (nSPS) is 39.7. The summed E-state index contributed by atoms with van der Waals surface area (Å²) in [7, 11) is 2.25. The third-order valence-corrected chi connectivity index (χ3v) is 4.61. The second-order valence-electron chi connectivity index (χ2n) is 6.25. The van der Waals surface area contributed by atoms with Crippen LogP contribution >= 0.6 is 0 Å². The minimum absolute atomic E-state index is 0.538. The van der Waals surface area contributed by atoms with Gasteiger partial charge in [-0.2, -0.15) is 0 Å². The molecule has 0 aromatic heterocycles. The van der Waals surface area contributed by atoms with Crippen molar-refractivity contribution in [1.82, 2.24) is 10.2 Å². The average molecular weight is 238 g/mol. The van der Waals surface area contributed by atoms with Gasteiger partial charge in [-0.05, 0) is 64.1 Å². The minimum atomic E-state index is 0.538. The van der Waals surface area contributed by atoms with Gasteiger partial charge in [-0.3, -0.25) is 0 Å². The Labute approximate surface area is 105 Å². The summed E-state index contributed by atoms with van der Waals surface area (Å²) in [5, 5.41) is 3.79. The highest BCUT2D eigenvalue weighted by Gasteiger charge is 2.40. The van der Waals surface area contributed by atoms with E-state index in [4.69, 9.17) is 4.74 Å². The van der Waals surface area contributed by atoms with Gasteiger partial charge in [0.15, 0.2) is 0 Å². The Morgan fingerprint density at radius 1 is 1.24 bits per heavy atom. The number of nitrogens with one attached hydrogen (secondary N) is 1. The van der Waals surface area contributed by atoms with Crippen LogP contribution in [0.3, 0.4) is 0 Å². The van der Waals surface area contributed by atoms with Gasteiger partial charge in [0, 0.05) is 19.2 Å². The number of piperidine rings is 1. The van der Waals surface area contributed by atoms with Crippen LogP contribution in [0, 0.1) is 11.8 Å². The molecule has 3 atom stereocenters. The topological polar surface area (TPSA) is 24.5 Å². The van der Waals surface area contributed by atoms with Gasteiger partial charge >= 0.3 is 0 Å². The van der Waals surface area contributed by atoms with Gasteiger partial charge in [-0.1, -0.05) is 0 Å². The number of hydrogen-bond donors (Lipinski definition) is 1. The molecule has 3 unspecified atom stereocenters. The standard InChI is InChI=1S/C14H26N2O/c1-16-7-2-3-11(10-16)9-15-13-6-8-17-14(13)12-4-5-12/h11-15H,2-10H2,1H3. The number of nitrogens with zero attached hydrogens (tertiary/aromatic N) is 1. The largest absolute Gasteiger partial charge is 0.376 e. The summed E-state index contributed by atoms with van der Waals surface area (Å²) in [5.74, 6) is 1.73. The lowest BCUT2D eigenvalue weighted by Gasteiger charge is -2.31. The van der Waals surface area contributed by atoms with Crippen molar-refractivity contribution in [3.63, 3.8) is 0 Å².